The number of hydrogen-bond acceptors (Lipinski definition) is 3. The number of nitrogens with one attached hydrogen (secondary N) is 1. The second-order valence-electron chi connectivity index (χ2n) is 5.71. The zero-order chi connectivity index (χ0) is 16.6. The van der Waals surface area contributed by atoms with Gasteiger partial charge in [-0.25, -0.2) is 4.68 Å². The number of hydrogen-bond donors (Lipinski definition) is 2. The molecule has 1 fully saturated rings. The maximum atomic E-state index is 12.3. The fourth-order valence-corrected chi connectivity index (χ4v) is 3.09. The number of aliphatic carboxylic acids is 1. The van der Waals surface area contributed by atoms with Crippen molar-refractivity contribution in [2.75, 3.05) is 0 Å². The summed E-state index contributed by atoms with van der Waals surface area (Å²) in [7, 11) is 0. The molecule has 2 aromatic rings. The lowest BCUT2D eigenvalue weighted by atomic mass is 9.80. The molecule has 0 aliphatic heterocycles. The molecule has 0 atom stereocenters. The van der Waals surface area contributed by atoms with Gasteiger partial charge in [-0.2, -0.15) is 5.10 Å². The third kappa shape index (κ3) is 3.14. The van der Waals surface area contributed by atoms with Crippen molar-refractivity contribution in [1.82, 2.24) is 15.1 Å². The van der Waals surface area contributed by atoms with Crippen molar-refractivity contribution in [3.8, 4) is 5.69 Å². The molecule has 1 aliphatic rings. The van der Waals surface area contributed by atoms with Gasteiger partial charge in [0.25, 0.3) is 5.91 Å². The quantitative estimate of drug-likeness (QED) is 0.857. The normalized spacial score (nSPS) is 19.9. The van der Waals surface area contributed by atoms with E-state index in [4.69, 9.17) is 5.11 Å². The summed E-state index contributed by atoms with van der Waals surface area (Å²) in [6.45, 7) is 1.84. The first-order valence-electron chi connectivity index (χ1n) is 7.30. The molecule has 0 saturated heterocycles. The number of carboxylic acids is 1. The number of amides is 1. The Morgan fingerprint density at radius 3 is 2.78 bits per heavy atom. The van der Waals surface area contributed by atoms with Crippen LogP contribution in [-0.2, 0) is 4.79 Å². The van der Waals surface area contributed by atoms with Gasteiger partial charge in [-0.15, -0.1) is 0 Å². The molecule has 1 heterocycles. The molecule has 0 bridgehead atoms. The molecule has 1 amide bonds. The van der Waals surface area contributed by atoms with Crippen molar-refractivity contribution >= 4 is 27.8 Å². The van der Waals surface area contributed by atoms with E-state index in [1.165, 1.54) is 0 Å². The van der Waals surface area contributed by atoms with E-state index < -0.39 is 5.97 Å². The van der Waals surface area contributed by atoms with Gasteiger partial charge in [0.05, 0.1) is 29.1 Å². The minimum Gasteiger partial charge on any atom is -0.481 e. The average molecular weight is 378 g/mol. The first-order valence-corrected chi connectivity index (χ1v) is 8.09. The molecule has 3 rings (SSSR count). The van der Waals surface area contributed by atoms with Gasteiger partial charge < -0.3 is 10.4 Å². The molecular weight excluding hydrogens is 362 g/mol. The van der Waals surface area contributed by atoms with Gasteiger partial charge in [0.2, 0.25) is 0 Å². The Balaban J connectivity index is 1.72. The molecular formula is C16H16BrN3O3. The molecule has 1 aromatic carbocycles. The molecule has 7 heteroatoms. The largest absolute Gasteiger partial charge is 0.481 e. The molecule has 1 aromatic heterocycles. The van der Waals surface area contributed by atoms with Gasteiger partial charge in [0.1, 0.15) is 0 Å². The van der Waals surface area contributed by atoms with E-state index in [2.05, 4.69) is 26.3 Å². The van der Waals surface area contributed by atoms with E-state index in [9.17, 15) is 9.59 Å². The zero-order valence-corrected chi connectivity index (χ0v) is 14.1. The van der Waals surface area contributed by atoms with Crippen molar-refractivity contribution in [3.63, 3.8) is 0 Å². The third-order valence-corrected chi connectivity index (χ3v) is 4.62. The van der Waals surface area contributed by atoms with Crippen LogP contribution < -0.4 is 5.32 Å². The number of nitrogens with zero attached hydrogens (tertiary/aromatic N) is 2. The predicted molar refractivity (Wildman–Crippen MR) is 87.6 cm³/mol. The van der Waals surface area contributed by atoms with Gasteiger partial charge in [-0.3, -0.25) is 9.59 Å². The summed E-state index contributed by atoms with van der Waals surface area (Å²) in [5.74, 6) is -1.35. The SMILES string of the molecule is Cc1c(C(=O)NC2CC(C(=O)O)C2)cnn1-c1cccc(Br)c1. The zero-order valence-electron chi connectivity index (χ0n) is 12.5. The Kier molecular flexibility index (Phi) is 4.21. The summed E-state index contributed by atoms with van der Waals surface area (Å²) in [6, 6.07) is 7.59. The van der Waals surface area contributed by atoms with Crippen LogP contribution in [0.25, 0.3) is 5.69 Å². The maximum absolute atomic E-state index is 12.3. The third-order valence-electron chi connectivity index (χ3n) is 4.13. The Morgan fingerprint density at radius 1 is 1.39 bits per heavy atom. The molecule has 0 unspecified atom stereocenters. The first kappa shape index (κ1) is 15.7. The van der Waals surface area contributed by atoms with Crippen molar-refractivity contribution in [3.05, 3.63) is 46.2 Å². The van der Waals surface area contributed by atoms with Gasteiger partial charge >= 0.3 is 5.97 Å². The Hall–Kier alpha value is -2.15. The Morgan fingerprint density at radius 2 is 2.13 bits per heavy atom. The number of carboxylic acid groups (broad SMARTS) is 1. The number of halogens is 1. The van der Waals surface area contributed by atoms with E-state index in [-0.39, 0.29) is 17.9 Å². The van der Waals surface area contributed by atoms with Crippen LogP contribution in [0.1, 0.15) is 28.9 Å². The van der Waals surface area contributed by atoms with Crippen LogP contribution in [0.5, 0.6) is 0 Å². The number of carbonyl (C=O) groups excluding carboxylic acids is 1. The van der Waals surface area contributed by atoms with Gasteiger partial charge in [0.15, 0.2) is 0 Å². The molecule has 1 saturated carbocycles. The van der Waals surface area contributed by atoms with Crippen LogP contribution >= 0.6 is 15.9 Å². The molecule has 2 N–H and O–H groups in total. The van der Waals surface area contributed by atoms with E-state index in [1.807, 2.05) is 31.2 Å². The minimum absolute atomic E-state index is 0.0720. The van der Waals surface area contributed by atoms with Gasteiger partial charge in [-0.1, -0.05) is 22.0 Å². The topological polar surface area (TPSA) is 84.2 Å². The van der Waals surface area contributed by atoms with Crippen molar-refractivity contribution in [2.24, 2.45) is 5.92 Å². The Bertz CT molecular complexity index is 766. The highest BCUT2D eigenvalue weighted by molar-refractivity contribution is 9.10. The van der Waals surface area contributed by atoms with E-state index in [0.29, 0.717) is 18.4 Å². The second-order valence-corrected chi connectivity index (χ2v) is 6.63. The first-order chi connectivity index (χ1) is 11.0. The summed E-state index contributed by atoms with van der Waals surface area (Å²) >= 11 is 3.42. The highest BCUT2D eigenvalue weighted by atomic mass is 79.9. The smallest absolute Gasteiger partial charge is 0.306 e. The predicted octanol–water partition coefficient (Wildman–Crippen LogP) is 2.54. The molecule has 23 heavy (non-hydrogen) atoms. The lowest BCUT2D eigenvalue weighted by Crippen LogP contribution is -2.46. The van der Waals surface area contributed by atoms with Crippen LogP contribution in [0.3, 0.4) is 0 Å². The fraction of sp³-hybridized carbons (Fsp3) is 0.312. The summed E-state index contributed by atoms with van der Waals surface area (Å²) in [4.78, 5) is 23.1. The molecule has 120 valence electrons. The maximum Gasteiger partial charge on any atom is 0.306 e. The van der Waals surface area contributed by atoms with Gasteiger partial charge in [0, 0.05) is 10.5 Å². The van der Waals surface area contributed by atoms with Crippen LogP contribution in [0, 0.1) is 12.8 Å². The molecule has 0 radical (unpaired) electrons. The number of carbonyl (C=O) groups is 2. The van der Waals surface area contributed by atoms with Crippen LogP contribution in [0.2, 0.25) is 0 Å². The summed E-state index contributed by atoms with van der Waals surface area (Å²) in [5.41, 5.74) is 2.11. The standard InChI is InChI=1S/C16H16BrN3O3/c1-9-14(15(21)19-12-5-10(6-12)16(22)23)8-18-20(9)13-4-2-3-11(17)7-13/h2-4,7-8,10,12H,5-6H2,1H3,(H,19,21)(H,22,23). The summed E-state index contributed by atoms with van der Waals surface area (Å²) < 4.78 is 2.64. The Labute approximate surface area is 141 Å². The van der Waals surface area contributed by atoms with Crippen molar-refractivity contribution in [2.45, 2.75) is 25.8 Å². The lowest BCUT2D eigenvalue weighted by molar-refractivity contribution is -0.145. The van der Waals surface area contributed by atoms with Crippen molar-refractivity contribution in [1.29, 1.82) is 0 Å². The molecule has 6 nitrogen and oxygen atoms in total. The highest BCUT2D eigenvalue weighted by Gasteiger charge is 2.35. The van der Waals surface area contributed by atoms with Gasteiger partial charge in [-0.05, 0) is 38.0 Å². The summed E-state index contributed by atoms with van der Waals surface area (Å²) in [5, 5.41) is 16.0. The minimum atomic E-state index is -0.797. The monoisotopic (exact) mass is 377 g/mol. The number of benzene rings is 1. The molecule has 1 aliphatic carbocycles. The average Bonchev–Trinajstić information content (AvgIpc) is 2.83. The lowest BCUT2D eigenvalue weighted by Gasteiger charge is -2.32. The van der Waals surface area contributed by atoms with Crippen molar-refractivity contribution < 1.29 is 14.7 Å². The second kappa shape index (κ2) is 6.16. The number of aromatic nitrogens is 2. The van der Waals surface area contributed by atoms with Crippen LogP contribution in [-0.4, -0.2) is 32.8 Å². The van der Waals surface area contributed by atoms with E-state index in [1.54, 1.807) is 10.9 Å². The fourth-order valence-electron chi connectivity index (χ4n) is 2.70. The summed E-state index contributed by atoms with van der Waals surface area (Å²) in [6.07, 6.45) is 2.51. The van der Waals surface area contributed by atoms with E-state index in [0.717, 1.165) is 15.9 Å². The van der Waals surface area contributed by atoms with Crippen LogP contribution in [0.4, 0.5) is 0 Å². The van der Waals surface area contributed by atoms with E-state index >= 15 is 0 Å². The highest BCUT2D eigenvalue weighted by Crippen LogP contribution is 2.28. The van der Waals surface area contributed by atoms with Crippen LogP contribution in [0.15, 0.2) is 34.9 Å². The number of rotatable bonds is 4. The molecule has 0 spiro atoms.